The second kappa shape index (κ2) is 8.26. The van der Waals surface area contributed by atoms with Gasteiger partial charge in [0.1, 0.15) is 11.4 Å². The van der Waals surface area contributed by atoms with Gasteiger partial charge < -0.3 is 4.74 Å². The topological polar surface area (TPSA) is 78.3 Å². The van der Waals surface area contributed by atoms with E-state index >= 15 is 0 Å². The standard InChI is InChI=1S/C24H23F3N2O4S/c1-4-33-22(30)21-16(3)19(14-29(21)34(31,32)18-8-5-15(2)6-9-18)23(11-12-23)17-7-10-20(28-13-17)24(25,26)27/h5-10,13-14H,4,11-12H2,1-3H3. The fraction of sp³-hybridized carbons (Fsp3) is 0.333. The summed E-state index contributed by atoms with van der Waals surface area (Å²) >= 11 is 0. The van der Waals surface area contributed by atoms with Crippen molar-refractivity contribution in [3.63, 3.8) is 0 Å². The van der Waals surface area contributed by atoms with Crippen molar-refractivity contribution in [2.75, 3.05) is 6.61 Å². The van der Waals surface area contributed by atoms with Gasteiger partial charge in [-0.1, -0.05) is 23.8 Å². The number of esters is 1. The Morgan fingerprint density at radius 3 is 2.26 bits per heavy atom. The Labute approximate surface area is 195 Å². The number of carbonyl (C=O) groups is 1. The fourth-order valence-electron chi connectivity index (χ4n) is 4.19. The SMILES string of the molecule is CCOC(=O)c1c(C)c(C2(c3ccc(C(F)(F)F)nc3)CC2)cn1S(=O)(=O)c1ccc(C)cc1. The van der Waals surface area contributed by atoms with Gasteiger partial charge in [-0.15, -0.1) is 0 Å². The molecule has 1 fully saturated rings. The molecule has 1 aliphatic rings. The van der Waals surface area contributed by atoms with Gasteiger partial charge in [0, 0.05) is 17.8 Å². The molecule has 0 atom stereocenters. The summed E-state index contributed by atoms with van der Waals surface area (Å²) in [5.41, 5.74) is 0.513. The lowest BCUT2D eigenvalue weighted by molar-refractivity contribution is -0.141. The minimum absolute atomic E-state index is 0.00578. The molecule has 0 amide bonds. The molecule has 0 saturated heterocycles. The first kappa shape index (κ1) is 24.0. The maximum absolute atomic E-state index is 13.5. The van der Waals surface area contributed by atoms with E-state index in [2.05, 4.69) is 4.98 Å². The van der Waals surface area contributed by atoms with Gasteiger partial charge in [-0.3, -0.25) is 4.98 Å². The Bertz CT molecular complexity index is 1340. The number of aryl methyl sites for hydroxylation is 1. The van der Waals surface area contributed by atoms with Gasteiger partial charge in [0.05, 0.1) is 11.5 Å². The van der Waals surface area contributed by atoms with Crippen LogP contribution in [-0.2, 0) is 26.4 Å². The van der Waals surface area contributed by atoms with Crippen molar-refractivity contribution in [3.8, 4) is 0 Å². The van der Waals surface area contributed by atoms with Crippen LogP contribution < -0.4 is 0 Å². The van der Waals surface area contributed by atoms with E-state index in [1.807, 2.05) is 6.92 Å². The van der Waals surface area contributed by atoms with Gasteiger partial charge in [0.25, 0.3) is 10.0 Å². The molecular formula is C24H23F3N2O4S. The molecule has 0 radical (unpaired) electrons. The van der Waals surface area contributed by atoms with Crippen molar-refractivity contribution >= 4 is 16.0 Å². The summed E-state index contributed by atoms with van der Waals surface area (Å²) < 4.78 is 72.0. The number of ether oxygens (including phenoxy) is 1. The van der Waals surface area contributed by atoms with Crippen molar-refractivity contribution < 1.29 is 31.1 Å². The third-order valence-corrected chi connectivity index (χ3v) is 7.82. The minimum atomic E-state index is -4.56. The molecule has 0 N–H and O–H groups in total. The minimum Gasteiger partial charge on any atom is -0.461 e. The highest BCUT2D eigenvalue weighted by Crippen LogP contribution is 2.55. The van der Waals surface area contributed by atoms with Gasteiger partial charge in [0.15, 0.2) is 0 Å². The van der Waals surface area contributed by atoms with E-state index in [1.165, 1.54) is 30.6 Å². The molecule has 180 valence electrons. The van der Waals surface area contributed by atoms with Crippen molar-refractivity contribution in [1.82, 2.24) is 8.96 Å². The lowest BCUT2D eigenvalue weighted by Gasteiger charge is -2.16. The van der Waals surface area contributed by atoms with Crippen LogP contribution in [0.15, 0.2) is 53.7 Å². The number of hydrogen-bond acceptors (Lipinski definition) is 5. The van der Waals surface area contributed by atoms with Gasteiger partial charge >= 0.3 is 12.1 Å². The van der Waals surface area contributed by atoms with E-state index in [0.29, 0.717) is 29.5 Å². The largest absolute Gasteiger partial charge is 0.461 e. The Kier molecular flexibility index (Phi) is 5.83. The molecule has 4 rings (SSSR count). The summed E-state index contributed by atoms with van der Waals surface area (Å²) in [4.78, 5) is 16.4. The molecule has 0 bridgehead atoms. The Balaban J connectivity index is 1.87. The number of hydrogen-bond donors (Lipinski definition) is 0. The average Bonchev–Trinajstić information content (AvgIpc) is 3.50. The maximum atomic E-state index is 13.5. The second-order valence-corrected chi connectivity index (χ2v) is 10.2. The average molecular weight is 493 g/mol. The van der Waals surface area contributed by atoms with Crippen LogP contribution in [0.5, 0.6) is 0 Å². The molecule has 6 nitrogen and oxygen atoms in total. The first-order chi connectivity index (χ1) is 15.9. The van der Waals surface area contributed by atoms with Crippen LogP contribution in [-0.4, -0.2) is 30.0 Å². The van der Waals surface area contributed by atoms with Crippen LogP contribution in [0.1, 0.15) is 58.2 Å². The molecule has 1 saturated carbocycles. The predicted molar refractivity (Wildman–Crippen MR) is 118 cm³/mol. The Hall–Kier alpha value is -3.14. The van der Waals surface area contributed by atoms with Gasteiger partial charge in [-0.2, -0.15) is 13.2 Å². The number of rotatable bonds is 6. The molecule has 0 aliphatic heterocycles. The number of halogens is 3. The first-order valence-corrected chi connectivity index (χ1v) is 12.1. The maximum Gasteiger partial charge on any atom is 0.433 e. The predicted octanol–water partition coefficient (Wildman–Crippen LogP) is 5.01. The van der Waals surface area contributed by atoms with Crippen LogP contribution >= 0.6 is 0 Å². The lowest BCUT2D eigenvalue weighted by Crippen LogP contribution is -2.20. The molecule has 34 heavy (non-hydrogen) atoms. The quantitative estimate of drug-likeness (QED) is 0.452. The highest BCUT2D eigenvalue weighted by molar-refractivity contribution is 7.90. The van der Waals surface area contributed by atoms with Crippen LogP contribution in [0.3, 0.4) is 0 Å². The first-order valence-electron chi connectivity index (χ1n) is 10.7. The highest BCUT2D eigenvalue weighted by atomic mass is 32.2. The number of alkyl halides is 3. The zero-order chi connectivity index (χ0) is 24.9. The normalized spacial score (nSPS) is 15.2. The van der Waals surface area contributed by atoms with Crippen LogP contribution in [0, 0.1) is 13.8 Å². The molecule has 0 unspecified atom stereocenters. The van der Waals surface area contributed by atoms with E-state index < -0.39 is 33.3 Å². The van der Waals surface area contributed by atoms with E-state index in [1.54, 1.807) is 26.0 Å². The van der Waals surface area contributed by atoms with Gasteiger partial charge in [-0.25, -0.2) is 17.2 Å². The Morgan fingerprint density at radius 1 is 1.12 bits per heavy atom. The smallest absolute Gasteiger partial charge is 0.433 e. The van der Waals surface area contributed by atoms with E-state index in [9.17, 15) is 26.4 Å². The number of pyridine rings is 1. The van der Waals surface area contributed by atoms with Crippen molar-refractivity contribution in [2.24, 2.45) is 0 Å². The van der Waals surface area contributed by atoms with Gasteiger partial charge in [0.2, 0.25) is 0 Å². The van der Waals surface area contributed by atoms with Gasteiger partial charge in [-0.05, 0) is 68.5 Å². The summed E-state index contributed by atoms with van der Waals surface area (Å²) in [5.74, 6) is -0.789. The molecule has 1 aromatic carbocycles. The molecule has 10 heteroatoms. The summed E-state index contributed by atoms with van der Waals surface area (Å²) in [7, 11) is -4.14. The second-order valence-electron chi connectivity index (χ2n) is 8.36. The molecule has 1 aliphatic carbocycles. The molecule has 2 aromatic heterocycles. The number of nitrogens with zero attached hydrogens (tertiary/aromatic N) is 2. The molecular weight excluding hydrogens is 469 g/mol. The summed E-state index contributed by atoms with van der Waals surface area (Å²) in [6.45, 7) is 5.12. The van der Waals surface area contributed by atoms with E-state index in [-0.39, 0.29) is 17.2 Å². The van der Waals surface area contributed by atoms with E-state index in [0.717, 1.165) is 15.6 Å². The molecule has 2 heterocycles. The zero-order valence-corrected chi connectivity index (χ0v) is 19.6. The third kappa shape index (κ3) is 4.00. The highest BCUT2D eigenvalue weighted by Gasteiger charge is 2.49. The van der Waals surface area contributed by atoms with Crippen molar-refractivity contribution in [3.05, 3.63) is 82.4 Å². The van der Waals surface area contributed by atoms with Crippen LogP contribution in [0.2, 0.25) is 0 Å². The molecule has 0 spiro atoms. The monoisotopic (exact) mass is 492 g/mol. The number of carbonyl (C=O) groups excluding carboxylic acids is 1. The molecule has 3 aromatic rings. The Morgan fingerprint density at radius 2 is 1.76 bits per heavy atom. The zero-order valence-electron chi connectivity index (χ0n) is 18.8. The summed E-state index contributed by atoms with van der Waals surface area (Å²) in [6.07, 6.45) is -0.838. The van der Waals surface area contributed by atoms with Crippen LogP contribution in [0.25, 0.3) is 0 Å². The van der Waals surface area contributed by atoms with Crippen molar-refractivity contribution in [1.29, 1.82) is 0 Å². The van der Waals surface area contributed by atoms with Crippen molar-refractivity contribution in [2.45, 2.75) is 50.1 Å². The fourth-order valence-corrected chi connectivity index (χ4v) is 5.60. The summed E-state index contributed by atoms with van der Waals surface area (Å²) in [6, 6.07) is 8.51. The van der Waals surface area contributed by atoms with Crippen LogP contribution in [0.4, 0.5) is 13.2 Å². The van der Waals surface area contributed by atoms with E-state index in [4.69, 9.17) is 4.74 Å². The number of aromatic nitrogens is 2. The third-order valence-electron chi connectivity index (χ3n) is 6.14. The number of benzene rings is 1. The summed E-state index contributed by atoms with van der Waals surface area (Å²) in [5, 5.41) is 0. The lowest BCUT2D eigenvalue weighted by atomic mass is 9.88.